The summed E-state index contributed by atoms with van der Waals surface area (Å²) in [5, 5.41) is 0. The summed E-state index contributed by atoms with van der Waals surface area (Å²) in [6.45, 7) is 8.36. The van der Waals surface area contributed by atoms with Gasteiger partial charge in [0.05, 0.1) is 0 Å². The summed E-state index contributed by atoms with van der Waals surface area (Å²) < 4.78 is 0. The topological polar surface area (TPSA) is 3.24 Å². The number of thiol groups is 1. The summed E-state index contributed by atoms with van der Waals surface area (Å²) in [6, 6.07) is 0. The largest absolute Gasteiger partial charge is 0.303 e. The zero-order valence-corrected chi connectivity index (χ0v) is 19.2. The Morgan fingerprint density at radius 1 is 0.480 bits per heavy atom. The monoisotopic (exact) mass is 393 g/mol. The van der Waals surface area contributed by atoms with E-state index in [1.807, 2.05) is 0 Å². The molecule has 0 saturated carbocycles. The molecule has 3 heteroatoms. The summed E-state index contributed by atoms with van der Waals surface area (Å²) in [6.07, 6.45) is 22.8. The van der Waals surface area contributed by atoms with E-state index >= 15 is 0 Å². The molecule has 0 unspecified atom stereocenters. The quantitative estimate of drug-likeness (QED) is 0.162. The first-order valence-corrected chi connectivity index (χ1v) is 11.8. The highest BCUT2D eigenvalue weighted by Crippen LogP contribution is 2.11. The molecule has 0 atom stereocenters. The minimum atomic E-state index is 0. The van der Waals surface area contributed by atoms with Gasteiger partial charge in [0.15, 0.2) is 0 Å². The first kappa shape index (κ1) is 27.8. The number of nitrogens with zero attached hydrogens (tertiary/aromatic N) is 1. The van der Waals surface area contributed by atoms with Gasteiger partial charge in [0.25, 0.3) is 0 Å². The fourth-order valence-electron chi connectivity index (χ4n) is 3.42. The van der Waals surface area contributed by atoms with E-state index in [4.69, 9.17) is 0 Å². The average molecular weight is 394 g/mol. The van der Waals surface area contributed by atoms with Crippen LogP contribution in [0.1, 0.15) is 117 Å². The van der Waals surface area contributed by atoms with Crippen LogP contribution < -0.4 is 0 Å². The van der Waals surface area contributed by atoms with Crippen LogP contribution in [0.4, 0.5) is 0 Å². The second-order valence-corrected chi connectivity index (χ2v) is 7.96. The van der Waals surface area contributed by atoms with Crippen LogP contribution in [-0.4, -0.2) is 30.3 Å². The second-order valence-electron chi connectivity index (χ2n) is 7.51. The molecule has 0 amide bonds. The van der Waals surface area contributed by atoms with Gasteiger partial charge in [-0.05, 0) is 25.9 Å². The van der Waals surface area contributed by atoms with Crippen molar-refractivity contribution in [3.05, 3.63) is 0 Å². The predicted molar refractivity (Wildman–Crippen MR) is 123 cm³/mol. The van der Waals surface area contributed by atoms with E-state index in [2.05, 4.69) is 31.4 Å². The standard InChI is InChI=1S/C22H47NS.ClH/c1-3-5-7-9-11-13-15-17-19-23(21-22-24)20-18-16-14-12-10-8-6-4-2;/h24H,3-22H2,1-2H3;1H. The fraction of sp³-hybridized carbons (Fsp3) is 1.00. The number of halogens is 1. The molecule has 0 rings (SSSR count). The maximum atomic E-state index is 4.44. The molecule has 25 heavy (non-hydrogen) atoms. The van der Waals surface area contributed by atoms with Crippen LogP contribution in [0.5, 0.6) is 0 Å². The van der Waals surface area contributed by atoms with Gasteiger partial charge in [-0.15, -0.1) is 12.4 Å². The third kappa shape index (κ3) is 22.6. The molecule has 1 nitrogen and oxygen atoms in total. The Morgan fingerprint density at radius 3 is 1.12 bits per heavy atom. The molecule has 154 valence electrons. The lowest BCUT2D eigenvalue weighted by Gasteiger charge is -2.21. The minimum absolute atomic E-state index is 0. The normalized spacial score (nSPS) is 11.0. The first-order chi connectivity index (χ1) is 11.8. The van der Waals surface area contributed by atoms with Crippen molar-refractivity contribution >= 4 is 25.0 Å². The third-order valence-electron chi connectivity index (χ3n) is 5.07. The SMILES string of the molecule is CCCCCCCCCCN(CCS)CCCCCCCCCC.Cl. The molecule has 0 fully saturated rings. The summed E-state index contributed by atoms with van der Waals surface area (Å²) in [5.74, 6) is 1.01. The van der Waals surface area contributed by atoms with Gasteiger partial charge >= 0.3 is 0 Å². The Labute approximate surface area is 171 Å². The van der Waals surface area contributed by atoms with Gasteiger partial charge in [0, 0.05) is 12.3 Å². The molecule has 0 aromatic heterocycles. The van der Waals surface area contributed by atoms with E-state index in [0.29, 0.717) is 0 Å². The zero-order valence-electron chi connectivity index (χ0n) is 17.4. The number of unbranched alkanes of at least 4 members (excludes halogenated alkanes) is 14. The van der Waals surface area contributed by atoms with E-state index in [1.165, 1.54) is 122 Å². The van der Waals surface area contributed by atoms with Crippen LogP contribution in [0.15, 0.2) is 0 Å². The van der Waals surface area contributed by atoms with E-state index in [-0.39, 0.29) is 12.4 Å². The van der Waals surface area contributed by atoms with Crippen LogP contribution >= 0.6 is 25.0 Å². The molecule has 0 aliphatic carbocycles. The number of hydrogen-bond donors (Lipinski definition) is 1. The molecule has 0 heterocycles. The van der Waals surface area contributed by atoms with Crippen molar-refractivity contribution in [1.82, 2.24) is 4.90 Å². The Kier molecular flexibility index (Phi) is 27.4. The lowest BCUT2D eigenvalue weighted by molar-refractivity contribution is 0.275. The number of hydrogen-bond acceptors (Lipinski definition) is 2. The Hall–Kier alpha value is 0.600. The molecule has 0 saturated heterocycles. The first-order valence-electron chi connectivity index (χ1n) is 11.2. The van der Waals surface area contributed by atoms with Crippen molar-refractivity contribution in [3.8, 4) is 0 Å². The lowest BCUT2D eigenvalue weighted by atomic mass is 10.1. The molecule has 0 bridgehead atoms. The summed E-state index contributed by atoms with van der Waals surface area (Å²) in [7, 11) is 0. The molecular formula is C22H48ClNS. The maximum Gasteiger partial charge on any atom is 0.00698 e. The van der Waals surface area contributed by atoms with Crippen molar-refractivity contribution in [3.63, 3.8) is 0 Å². The van der Waals surface area contributed by atoms with Gasteiger partial charge in [0.2, 0.25) is 0 Å². The average Bonchev–Trinajstić information content (AvgIpc) is 2.59. The van der Waals surface area contributed by atoms with Crippen molar-refractivity contribution in [2.45, 2.75) is 117 Å². The van der Waals surface area contributed by atoms with Gasteiger partial charge in [0.1, 0.15) is 0 Å². The minimum Gasteiger partial charge on any atom is -0.303 e. The predicted octanol–water partition coefficient (Wildman–Crippen LogP) is 7.92. The highest BCUT2D eigenvalue weighted by molar-refractivity contribution is 7.80. The van der Waals surface area contributed by atoms with Gasteiger partial charge in [-0.1, -0.05) is 104 Å². The summed E-state index contributed by atoms with van der Waals surface area (Å²) in [4.78, 5) is 2.65. The Balaban J connectivity index is 0. The fourth-order valence-corrected chi connectivity index (χ4v) is 3.70. The Bertz CT molecular complexity index is 206. The third-order valence-corrected chi connectivity index (χ3v) is 5.27. The highest BCUT2D eigenvalue weighted by Gasteiger charge is 2.03. The molecule has 0 aromatic rings. The molecule has 0 N–H and O–H groups in total. The van der Waals surface area contributed by atoms with E-state index < -0.39 is 0 Å². The van der Waals surface area contributed by atoms with Crippen LogP contribution in [0.2, 0.25) is 0 Å². The van der Waals surface area contributed by atoms with Crippen molar-refractivity contribution in [2.75, 3.05) is 25.4 Å². The van der Waals surface area contributed by atoms with Crippen LogP contribution in [-0.2, 0) is 0 Å². The summed E-state index contributed by atoms with van der Waals surface area (Å²) in [5.41, 5.74) is 0. The molecular weight excluding hydrogens is 346 g/mol. The molecule has 0 radical (unpaired) electrons. The van der Waals surface area contributed by atoms with Crippen LogP contribution in [0.25, 0.3) is 0 Å². The second kappa shape index (κ2) is 24.6. The van der Waals surface area contributed by atoms with Crippen LogP contribution in [0.3, 0.4) is 0 Å². The molecule has 0 aliphatic rings. The van der Waals surface area contributed by atoms with Gasteiger partial charge in [-0.25, -0.2) is 0 Å². The van der Waals surface area contributed by atoms with Crippen molar-refractivity contribution in [2.24, 2.45) is 0 Å². The zero-order chi connectivity index (χ0) is 17.7. The molecule has 0 spiro atoms. The lowest BCUT2D eigenvalue weighted by Crippen LogP contribution is -2.28. The van der Waals surface area contributed by atoms with Crippen LogP contribution in [0, 0.1) is 0 Å². The van der Waals surface area contributed by atoms with E-state index in [9.17, 15) is 0 Å². The van der Waals surface area contributed by atoms with Gasteiger partial charge in [-0.2, -0.15) is 12.6 Å². The number of rotatable bonds is 20. The summed E-state index contributed by atoms with van der Waals surface area (Å²) >= 11 is 4.44. The van der Waals surface area contributed by atoms with Crippen molar-refractivity contribution in [1.29, 1.82) is 0 Å². The smallest absolute Gasteiger partial charge is 0.00698 e. The van der Waals surface area contributed by atoms with E-state index in [0.717, 1.165) is 5.75 Å². The Morgan fingerprint density at radius 2 is 0.800 bits per heavy atom. The maximum absolute atomic E-state index is 4.44. The highest BCUT2D eigenvalue weighted by atomic mass is 35.5. The molecule has 0 aliphatic heterocycles. The van der Waals surface area contributed by atoms with E-state index in [1.54, 1.807) is 0 Å². The van der Waals surface area contributed by atoms with Gasteiger partial charge in [-0.3, -0.25) is 0 Å². The van der Waals surface area contributed by atoms with Gasteiger partial charge < -0.3 is 4.90 Å². The van der Waals surface area contributed by atoms with Crippen molar-refractivity contribution < 1.29 is 0 Å². The molecule has 0 aromatic carbocycles.